The number of amides is 1. The van der Waals surface area contributed by atoms with Crippen LogP contribution in [0.5, 0.6) is 5.75 Å². The lowest BCUT2D eigenvalue weighted by molar-refractivity contribution is -0.122. The molecule has 0 spiro atoms. The number of hydrogen-bond acceptors (Lipinski definition) is 4. The number of hydrogen-bond donors (Lipinski definition) is 2. The fourth-order valence-corrected chi connectivity index (χ4v) is 2.94. The van der Waals surface area contributed by atoms with Crippen molar-refractivity contribution >= 4 is 23.5 Å². The first-order valence-electron chi connectivity index (χ1n) is 7.44. The number of carboxylic acid groups (broad SMARTS) is 1. The van der Waals surface area contributed by atoms with Crippen LogP contribution >= 0.6 is 11.6 Å². The van der Waals surface area contributed by atoms with Crippen molar-refractivity contribution in [3.8, 4) is 5.75 Å². The first kappa shape index (κ1) is 16.3. The van der Waals surface area contributed by atoms with E-state index < -0.39 is 5.97 Å². The number of aromatic carboxylic acids is 1. The zero-order valence-corrected chi connectivity index (χ0v) is 13.7. The molecule has 1 aromatic heterocycles. The van der Waals surface area contributed by atoms with Gasteiger partial charge in [-0.25, -0.2) is 4.79 Å². The minimum Gasteiger partial charge on any atom is -0.493 e. The number of nitrogens with one attached hydrogen (secondary N) is 1. The Balaban J connectivity index is 1.69. The fraction of sp³-hybridized carbons (Fsp3) is 0.312. The van der Waals surface area contributed by atoms with Crippen LogP contribution in [0, 0.1) is 0 Å². The third-order valence-corrected chi connectivity index (χ3v) is 4.03. The molecule has 2 N–H and O–H groups in total. The molecule has 1 aliphatic heterocycles. The van der Waals surface area contributed by atoms with Gasteiger partial charge in [0, 0.05) is 23.2 Å². The van der Waals surface area contributed by atoms with E-state index in [1.165, 1.54) is 17.1 Å². The fourth-order valence-electron chi connectivity index (χ4n) is 2.69. The molecule has 1 unspecified atom stereocenters. The summed E-state index contributed by atoms with van der Waals surface area (Å²) in [5.41, 5.74) is 1.91. The largest absolute Gasteiger partial charge is 0.493 e. The molecular weight excluding hydrogens is 334 g/mol. The topological polar surface area (TPSA) is 93.5 Å². The van der Waals surface area contributed by atoms with Gasteiger partial charge in [-0.2, -0.15) is 5.10 Å². The first-order chi connectivity index (χ1) is 11.4. The minimum absolute atomic E-state index is 0.0388. The van der Waals surface area contributed by atoms with Gasteiger partial charge in [-0.05, 0) is 24.6 Å². The van der Waals surface area contributed by atoms with E-state index in [9.17, 15) is 9.59 Å². The molecule has 0 saturated heterocycles. The molecule has 126 valence electrons. The highest BCUT2D eigenvalue weighted by Crippen LogP contribution is 2.36. The van der Waals surface area contributed by atoms with Crippen LogP contribution < -0.4 is 10.1 Å². The Kier molecular flexibility index (Phi) is 4.44. The zero-order chi connectivity index (χ0) is 17.3. The Morgan fingerprint density at radius 1 is 1.50 bits per heavy atom. The average Bonchev–Trinajstić information content (AvgIpc) is 3.14. The molecule has 0 fully saturated rings. The van der Waals surface area contributed by atoms with Crippen LogP contribution in [0.25, 0.3) is 0 Å². The van der Waals surface area contributed by atoms with Crippen molar-refractivity contribution in [2.75, 3.05) is 6.61 Å². The Bertz CT molecular complexity index is 803. The number of rotatable bonds is 5. The van der Waals surface area contributed by atoms with Crippen LogP contribution in [0.2, 0.25) is 5.02 Å². The molecule has 2 heterocycles. The third-order valence-electron chi connectivity index (χ3n) is 3.81. The normalized spacial score (nSPS) is 13.9. The number of ether oxygens (including phenoxy) is 1. The summed E-state index contributed by atoms with van der Waals surface area (Å²) in [6.07, 6.45) is 3.32. The summed E-state index contributed by atoms with van der Waals surface area (Å²) in [6.45, 7) is 2.38. The second-order valence-corrected chi connectivity index (χ2v) is 6.04. The molecule has 0 radical (unpaired) electrons. The van der Waals surface area contributed by atoms with E-state index >= 15 is 0 Å². The van der Waals surface area contributed by atoms with Gasteiger partial charge in [0.05, 0.1) is 24.4 Å². The predicted molar refractivity (Wildman–Crippen MR) is 86.4 cm³/mol. The van der Waals surface area contributed by atoms with Gasteiger partial charge in [0.15, 0.2) is 0 Å². The first-order valence-corrected chi connectivity index (χ1v) is 7.82. The van der Waals surface area contributed by atoms with Crippen molar-refractivity contribution in [3.63, 3.8) is 0 Å². The number of aromatic nitrogens is 2. The molecule has 0 saturated carbocycles. The van der Waals surface area contributed by atoms with Gasteiger partial charge in [-0.1, -0.05) is 11.6 Å². The van der Waals surface area contributed by atoms with E-state index in [1.807, 2.05) is 13.0 Å². The summed E-state index contributed by atoms with van der Waals surface area (Å²) in [6, 6.07) is 3.36. The van der Waals surface area contributed by atoms with Crippen molar-refractivity contribution in [1.82, 2.24) is 15.1 Å². The SMILES string of the molecule is CC(NC(=O)Cn1cc(C(=O)O)cn1)c1cc(Cl)cc2c1OCC2. The van der Waals surface area contributed by atoms with Crippen LogP contribution in [0.15, 0.2) is 24.5 Å². The molecule has 1 atom stereocenters. The monoisotopic (exact) mass is 349 g/mol. The highest BCUT2D eigenvalue weighted by Gasteiger charge is 2.22. The molecule has 1 aliphatic rings. The lowest BCUT2D eigenvalue weighted by Crippen LogP contribution is -2.30. The Morgan fingerprint density at radius 3 is 3.00 bits per heavy atom. The number of carboxylic acids is 1. The van der Waals surface area contributed by atoms with Crippen molar-refractivity contribution in [1.29, 1.82) is 0 Å². The van der Waals surface area contributed by atoms with Gasteiger partial charge in [0.25, 0.3) is 0 Å². The van der Waals surface area contributed by atoms with Gasteiger partial charge < -0.3 is 15.2 Å². The van der Waals surface area contributed by atoms with Crippen molar-refractivity contribution in [3.05, 3.63) is 46.2 Å². The van der Waals surface area contributed by atoms with Crippen LogP contribution in [-0.2, 0) is 17.8 Å². The molecule has 1 amide bonds. The van der Waals surface area contributed by atoms with E-state index in [1.54, 1.807) is 6.07 Å². The van der Waals surface area contributed by atoms with E-state index in [4.69, 9.17) is 21.4 Å². The van der Waals surface area contributed by atoms with Gasteiger partial charge in [-0.3, -0.25) is 9.48 Å². The summed E-state index contributed by atoms with van der Waals surface area (Å²) in [5.74, 6) is -0.588. The molecule has 0 aliphatic carbocycles. The Labute approximate surface area is 143 Å². The molecule has 24 heavy (non-hydrogen) atoms. The van der Waals surface area contributed by atoms with E-state index in [-0.39, 0.29) is 24.1 Å². The van der Waals surface area contributed by atoms with Crippen molar-refractivity contribution in [2.45, 2.75) is 25.9 Å². The smallest absolute Gasteiger partial charge is 0.338 e. The number of halogens is 1. The minimum atomic E-state index is -1.08. The van der Waals surface area contributed by atoms with E-state index in [0.717, 1.165) is 23.3 Å². The highest BCUT2D eigenvalue weighted by atomic mass is 35.5. The number of carbonyl (C=O) groups excluding carboxylic acids is 1. The van der Waals surface area contributed by atoms with Crippen molar-refractivity contribution < 1.29 is 19.4 Å². The molecular formula is C16H16ClN3O4. The summed E-state index contributed by atoms with van der Waals surface area (Å²) in [5, 5.41) is 16.2. The molecule has 2 aromatic rings. The van der Waals surface area contributed by atoms with E-state index in [0.29, 0.717) is 11.6 Å². The lowest BCUT2D eigenvalue weighted by Gasteiger charge is -2.17. The summed E-state index contributed by atoms with van der Waals surface area (Å²) < 4.78 is 6.92. The van der Waals surface area contributed by atoms with Gasteiger partial charge >= 0.3 is 5.97 Å². The molecule has 7 nitrogen and oxygen atoms in total. The van der Waals surface area contributed by atoms with Gasteiger partial charge in [0.2, 0.25) is 5.91 Å². The highest BCUT2D eigenvalue weighted by molar-refractivity contribution is 6.30. The second-order valence-electron chi connectivity index (χ2n) is 5.60. The van der Waals surface area contributed by atoms with Gasteiger partial charge in [0.1, 0.15) is 12.3 Å². The summed E-state index contributed by atoms with van der Waals surface area (Å²) >= 11 is 6.13. The maximum Gasteiger partial charge on any atom is 0.338 e. The summed E-state index contributed by atoms with van der Waals surface area (Å²) in [4.78, 5) is 23.0. The Morgan fingerprint density at radius 2 is 2.29 bits per heavy atom. The van der Waals surface area contributed by atoms with Crippen LogP contribution in [0.4, 0.5) is 0 Å². The average molecular weight is 350 g/mol. The van der Waals surface area contributed by atoms with Crippen LogP contribution in [0.3, 0.4) is 0 Å². The van der Waals surface area contributed by atoms with Crippen molar-refractivity contribution in [2.24, 2.45) is 0 Å². The predicted octanol–water partition coefficient (Wildman–Crippen LogP) is 2.05. The molecule has 1 aromatic carbocycles. The molecule has 0 bridgehead atoms. The lowest BCUT2D eigenvalue weighted by atomic mass is 10.0. The number of carbonyl (C=O) groups is 2. The molecule has 3 rings (SSSR count). The van der Waals surface area contributed by atoms with E-state index in [2.05, 4.69) is 10.4 Å². The zero-order valence-electron chi connectivity index (χ0n) is 13.0. The quantitative estimate of drug-likeness (QED) is 0.861. The number of benzene rings is 1. The Hall–Kier alpha value is -2.54. The van der Waals surface area contributed by atoms with Crippen LogP contribution in [0.1, 0.15) is 34.5 Å². The number of nitrogens with zero attached hydrogens (tertiary/aromatic N) is 2. The van der Waals surface area contributed by atoms with Gasteiger partial charge in [-0.15, -0.1) is 0 Å². The summed E-state index contributed by atoms with van der Waals surface area (Å²) in [7, 11) is 0. The number of fused-ring (bicyclic) bond motifs is 1. The maximum absolute atomic E-state index is 12.2. The maximum atomic E-state index is 12.2. The van der Waals surface area contributed by atoms with Crippen LogP contribution in [-0.4, -0.2) is 33.4 Å². The second kappa shape index (κ2) is 6.52. The molecule has 8 heteroatoms. The third kappa shape index (κ3) is 3.35. The standard InChI is InChI=1S/C16H16ClN3O4/c1-9(13-5-12(17)4-10-2-3-24-15(10)13)19-14(21)8-20-7-11(6-18-20)16(22)23/h4-7,9H,2-3,8H2,1H3,(H,19,21)(H,22,23).